The molecular formula is C39H72N2O19. The molecule has 352 valence electrons. The molecule has 3 heterocycles. The molecule has 0 amide bonds. The number of aliphatic carboxylic acids is 1. The molecule has 21 heteroatoms. The molecule has 60 heavy (non-hydrogen) atoms. The van der Waals surface area contributed by atoms with Gasteiger partial charge in [0.1, 0.15) is 67.1 Å². The summed E-state index contributed by atoms with van der Waals surface area (Å²) in [6, 6.07) is -2.47. The molecule has 3 fully saturated rings. The van der Waals surface area contributed by atoms with Crippen molar-refractivity contribution in [3.63, 3.8) is 0 Å². The first-order valence-electron chi connectivity index (χ1n) is 21.2. The van der Waals surface area contributed by atoms with E-state index < -0.39 is 142 Å². The second-order valence-electron chi connectivity index (χ2n) is 16.1. The van der Waals surface area contributed by atoms with Gasteiger partial charge < -0.3 is 101 Å². The number of rotatable bonds is 27. The zero-order valence-corrected chi connectivity index (χ0v) is 34.4. The van der Waals surface area contributed by atoms with Crippen LogP contribution in [-0.4, -0.2) is 203 Å². The van der Waals surface area contributed by atoms with Crippen LogP contribution >= 0.6 is 0 Å². The van der Waals surface area contributed by atoms with Gasteiger partial charge in [-0.25, -0.2) is 4.79 Å². The van der Waals surface area contributed by atoms with E-state index in [1.165, 1.54) is 51.4 Å². The minimum Gasteiger partial charge on any atom is -0.477 e. The number of nitrogens with two attached hydrogens (primary N) is 2. The average molecular weight is 873 g/mol. The van der Waals surface area contributed by atoms with Crippen molar-refractivity contribution in [1.82, 2.24) is 0 Å². The summed E-state index contributed by atoms with van der Waals surface area (Å²) < 4.78 is 33.5. The van der Waals surface area contributed by atoms with Crippen molar-refractivity contribution >= 4 is 5.97 Å². The van der Waals surface area contributed by atoms with Crippen LogP contribution in [0.1, 0.15) is 90.4 Å². The minimum absolute atomic E-state index is 0.342. The number of aliphatic hydroxyl groups is 11. The van der Waals surface area contributed by atoms with Gasteiger partial charge in [0.05, 0.1) is 50.7 Å². The average Bonchev–Trinajstić information content (AvgIpc) is 3.23. The third-order valence-corrected chi connectivity index (χ3v) is 11.3. The van der Waals surface area contributed by atoms with Crippen LogP contribution in [0.4, 0.5) is 0 Å². The summed E-state index contributed by atoms with van der Waals surface area (Å²) in [6.45, 7) is -0.940. The van der Waals surface area contributed by atoms with E-state index in [-0.39, 0.29) is 6.61 Å². The number of allylic oxidation sites excluding steroid dienone is 1. The lowest BCUT2D eigenvalue weighted by atomic mass is 9.88. The fourth-order valence-corrected chi connectivity index (χ4v) is 7.51. The van der Waals surface area contributed by atoms with Crippen molar-refractivity contribution in [2.24, 2.45) is 11.5 Å². The first-order chi connectivity index (χ1) is 28.6. The molecule has 0 saturated carbocycles. The lowest BCUT2D eigenvalue weighted by Gasteiger charge is -2.50. The number of ether oxygens (including phenoxy) is 6. The summed E-state index contributed by atoms with van der Waals surface area (Å²) in [4.78, 5) is 12.6. The Balaban J connectivity index is 1.57. The number of unbranched alkanes of at least 4 members (excludes halogenated alkanes) is 11. The molecule has 0 aromatic heterocycles. The topological polar surface area (TPSA) is 367 Å². The molecule has 3 saturated heterocycles. The monoisotopic (exact) mass is 872 g/mol. The van der Waals surface area contributed by atoms with Gasteiger partial charge in [0.15, 0.2) is 12.6 Å². The molecule has 0 unspecified atom stereocenters. The summed E-state index contributed by atoms with van der Waals surface area (Å²) in [7, 11) is 0. The smallest absolute Gasteiger partial charge is 0.364 e. The van der Waals surface area contributed by atoms with Gasteiger partial charge in [-0.1, -0.05) is 83.3 Å². The molecular weight excluding hydrogens is 800 g/mol. The highest BCUT2D eigenvalue weighted by molar-refractivity contribution is 5.76. The highest BCUT2D eigenvalue weighted by Crippen LogP contribution is 2.38. The van der Waals surface area contributed by atoms with Gasteiger partial charge in [-0.05, 0) is 12.8 Å². The van der Waals surface area contributed by atoms with Gasteiger partial charge in [-0.15, -0.1) is 0 Å². The molecule has 18 atom stereocenters. The van der Waals surface area contributed by atoms with Gasteiger partial charge >= 0.3 is 5.97 Å². The zero-order chi connectivity index (χ0) is 44.6. The molecule has 0 bridgehead atoms. The van der Waals surface area contributed by atoms with Gasteiger partial charge in [0.2, 0.25) is 0 Å². The van der Waals surface area contributed by atoms with Crippen LogP contribution in [0, 0.1) is 0 Å². The van der Waals surface area contributed by atoms with E-state index in [4.69, 9.17) is 39.9 Å². The predicted molar refractivity (Wildman–Crippen MR) is 208 cm³/mol. The number of carboxylic acid groups (broad SMARTS) is 1. The fourth-order valence-electron chi connectivity index (χ4n) is 7.51. The molecule has 0 spiro atoms. The Labute approximate surface area is 350 Å². The third-order valence-electron chi connectivity index (χ3n) is 11.3. The Morgan fingerprint density at radius 3 is 1.95 bits per heavy atom. The fraction of sp³-hybridized carbons (Fsp3) is 0.923. The third kappa shape index (κ3) is 14.5. The Kier molecular flexibility index (Phi) is 23.1. The van der Waals surface area contributed by atoms with E-state index in [9.17, 15) is 66.1 Å². The first kappa shape index (κ1) is 52.8. The molecule has 0 radical (unpaired) electrons. The van der Waals surface area contributed by atoms with Crippen LogP contribution in [0.3, 0.4) is 0 Å². The lowest BCUT2D eigenvalue weighted by molar-refractivity contribution is -0.386. The van der Waals surface area contributed by atoms with Crippen molar-refractivity contribution in [2.75, 3.05) is 26.4 Å². The predicted octanol–water partition coefficient (Wildman–Crippen LogP) is -3.43. The maximum absolute atomic E-state index is 12.6. The van der Waals surface area contributed by atoms with Crippen molar-refractivity contribution < 1.29 is 94.5 Å². The highest BCUT2D eigenvalue weighted by atomic mass is 16.8. The Morgan fingerprint density at radius 2 is 1.38 bits per heavy atom. The summed E-state index contributed by atoms with van der Waals surface area (Å²) in [5.74, 6) is -4.90. The van der Waals surface area contributed by atoms with Crippen LogP contribution in [0.2, 0.25) is 0 Å². The van der Waals surface area contributed by atoms with E-state index in [2.05, 4.69) is 6.92 Å². The highest BCUT2D eigenvalue weighted by Gasteiger charge is 2.59. The Morgan fingerprint density at radius 1 is 0.800 bits per heavy atom. The van der Waals surface area contributed by atoms with E-state index in [1.54, 1.807) is 6.08 Å². The quantitative estimate of drug-likeness (QED) is 0.0282. The van der Waals surface area contributed by atoms with Crippen LogP contribution in [0.25, 0.3) is 0 Å². The number of hydrogen-bond acceptors (Lipinski definition) is 20. The number of hydrogen-bond donors (Lipinski definition) is 14. The summed E-state index contributed by atoms with van der Waals surface area (Å²) in [6.07, 6.45) is -10.5. The zero-order valence-electron chi connectivity index (χ0n) is 34.4. The van der Waals surface area contributed by atoms with E-state index in [0.717, 1.165) is 25.7 Å². The molecule has 16 N–H and O–H groups in total. The summed E-state index contributed by atoms with van der Waals surface area (Å²) in [5, 5.41) is 126. The summed E-state index contributed by atoms with van der Waals surface area (Å²) >= 11 is 0. The van der Waals surface area contributed by atoms with Crippen molar-refractivity contribution in [1.29, 1.82) is 0 Å². The van der Waals surface area contributed by atoms with Gasteiger partial charge in [-0.2, -0.15) is 0 Å². The van der Waals surface area contributed by atoms with E-state index in [0.29, 0.717) is 0 Å². The van der Waals surface area contributed by atoms with Gasteiger partial charge in [0.25, 0.3) is 5.79 Å². The van der Waals surface area contributed by atoms with E-state index >= 15 is 0 Å². The SMILES string of the molecule is CCCCCCCCCCCCC/C=C/[C@@H](O)[C@@H](N)CO[C@@H]1O[C@H](CO)[C@@H](O[C@@H]2O[C@H](CO)[C@H](O)[C@H](O[C@]3(C(=O)O)C[C@H](O)[C@@H](N)[C@H]([C@H](O)[C@H](O)CO)O3)[C@H]2O)[C@H](O)[C@H]1O. The van der Waals surface area contributed by atoms with Crippen molar-refractivity contribution in [3.8, 4) is 0 Å². The minimum atomic E-state index is -2.97. The molecule has 21 nitrogen and oxygen atoms in total. The normalized spacial score (nSPS) is 37.2. The first-order valence-corrected chi connectivity index (χ1v) is 21.2. The Bertz CT molecular complexity index is 1240. The maximum atomic E-state index is 12.6. The standard InChI is InChI=1S/C39H72N2O19/c1-2-3-4-5-6-7-8-9-10-11-12-13-14-15-22(45)21(40)20-55-36-31(51)30(50)33(26(19-44)57-36)58-37-32(52)35(29(49)25(18-43)56-37)60-39(38(53)54)16-23(46)27(41)34(59-39)28(48)24(47)17-42/h14-15,21-37,42-52H,2-13,16-20,40-41H2,1H3,(H,53,54)/b15-14+/t21-,22+,23-,24+,25+,26+,27+,28+,29-,30+,31+,32+,33+,34+,35-,36+,37-,39-/m0/s1. The van der Waals surface area contributed by atoms with Crippen LogP contribution in [0.5, 0.6) is 0 Å². The van der Waals surface area contributed by atoms with Crippen LogP contribution < -0.4 is 11.5 Å². The molecule has 0 aromatic carbocycles. The van der Waals surface area contributed by atoms with Crippen molar-refractivity contribution in [3.05, 3.63) is 12.2 Å². The second kappa shape index (κ2) is 26.3. The largest absolute Gasteiger partial charge is 0.477 e. The van der Waals surface area contributed by atoms with Gasteiger partial charge in [0, 0.05) is 6.42 Å². The molecule has 3 aliphatic rings. The van der Waals surface area contributed by atoms with E-state index in [1.807, 2.05) is 6.08 Å². The lowest BCUT2D eigenvalue weighted by Crippen LogP contribution is -2.70. The maximum Gasteiger partial charge on any atom is 0.364 e. The van der Waals surface area contributed by atoms with Crippen LogP contribution in [-0.2, 0) is 33.2 Å². The molecule has 3 aliphatic heterocycles. The molecule has 0 aromatic rings. The number of carboxylic acids is 1. The second-order valence-corrected chi connectivity index (χ2v) is 16.1. The van der Waals surface area contributed by atoms with Crippen LogP contribution in [0.15, 0.2) is 12.2 Å². The van der Waals surface area contributed by atoms with Crippen molar-refractivity contribution in [2.45, 2.75) is 200 Å². The Hall–Kier alpha value is -1.55. The number of aliphatic hydroxyl groups excluding tert-OH is 11. The van der Waals surface area contributed by atoms with Gasteiger partial charge in [-0.3, -0.25) is 0 Å². The summed E-state index contributed by atoms with van der Waals surface area (Å²) in [5.41, 5.74) is 12.0. The molecule has 0 aliphatic carbocycles. The molecule has 3 rings (SSSR count). The number of carbonyl (C=O) groups is 1.